The van der Waals surface area contributed by atoms with E-state index in [1.165, 1.54) is 6.08 Å². The summed E-state index contributed by atoms with van der Waals surface area (Å²) in [6.07, 6.45) is 4.89. The molecule has 0 bridgehead atoms. The highest BCUT2D eigenvalue weighted by atomic mass is 35.5. The maximum absolute atomic E-state index is 10.8. The highest BCUT2D eigenvalue weighted by molar-refractivity contribution is 6.30. The number of nitrogens with two attached hydrogens (primary N) is 1. The van der Waals surface area contributed by atoms with E-state index in [2.05, 4.69) is 10.3 Å². The molecule has 0 radical (unpaired) electrons. The van der Waals surface area contributed by atoms with Crippen molar-refractivity contribution in [2.45, 2.75) is 18.3 Å². The molecule has 1 saturated carbocycles. The topological polar surface area (TPSA) is 68.0 Å². The minimum atomic E-state index is -0.370. The molecule has 0 aromatic carbocycles. The fraction of sp³-hybridized carbons (Fsp3) is 0.333. The number of pyridine rings is 1. The van der Waals surface area contributed by atoms with Gasteiger partial charge in [0.25, 0.3) is 0 Å². The lowest BCUT2D eigenvalue weighted by Gasteiger charge is -2.40. The Hall–Kier alpha value is -1.55. The van der Waals surface area contributed by atoms with E-state index in [1.54, 1.807) is 6.20 Å². The Kier molecular flexibility index (Phi) is 2.16. The molecule has 4 nitrogen and oxygen atoms in total. The number of anilines is 1. The smallest absolute Gasteiger partial charge is 0.241 e. The minimum Gasteiger partial charge on any atom is -0.369 e. The first-order valence-corrected chi connectivity index (χ1v) is 5.86. The average Bonchev–Trinajstić information content (AvgIpc) is 2.56. The number of carbonyl (C=O) groups excluding carboxylic acids is 1. The first-order valence-electron chi connectivity index (χ1n) is 5.48. The number of nitrogens with one attached hydrogen (secondary N) is 1. The number of fused-ring (bicyclic) bond motifs is 2. The van der Waals surface area contributed by atoms with Crippen LogP contribution in [0.3, 0.4) is 0 Å². The molecule has 1 aromatic rings. The van der Waals surface area contributed by atoms with E-state index in [0.29, 0.717) is 5.02 Å². The standard InChI is InChI=1S/C12H12ClN3O/c13-8-2-9-11(15-5-8)16-6-12(9)3-7(4-12)1-10(14)17/h1-2,5H,3-4,6H2,(H2,14,17)(H,15,16). The van der Waals surface area contributed by atoms with Crippen LogP contribution in [-0.4, -0.2) is 17.4 Å². The number of carbonyl (C=O) groups is 1. The summed E-state index contributed by atoms with van der Waals surface area (Å²) in [4.78, 5) is 15.1. The number of allylic oxidation sites excluding steroid dienone is 1. The molecular weight excluding hydrogens is 238 g/mol. The molecule has 0 atom stereocenters. The van der Waals surface area contributed by atoms with Crippen LogP contribution in [-0.2, 0) is 10.2 Å². The van der Waals surface area contributed by atoms with Crippen molar-refractivity contribution in [1.29, 1.82) is 0 Å². The Labute approximate surface area is 104 Å². The highest BCUT2D eigenvalue weighted by Crippen LogP contribution is 2.52. The molecule has 1 aliphatic heterocycles. The van der Waals surface area contributed by atoms with Gasteiger partial charge in [-0.25, -0.2) is 4.98 Å². The number of primary amides is 1. The van der Waals surface area contributed by atoms with E-state index in [9.17, 15) is 4.79 Å². The third kappa shape index (κ3) is 1.60. The van der Waals surface area contributed by atoms with Gasteiger partial charge in [-0.15, -0.1) is 0 Å². The Morgan fingerprint density at radius 2 is 2.35 bits per heavy atom. The van der Waals surface area contributed by atoms with Crippen molar-refractivity contribution in [2.75, 3.05) is 11.9 Å². The van der Waals surface area contributed by atoms with E-state index in [4.69, 9.17) is 17.3 Å². The summed E-state index contributed by atoms with van der Waals surface area (Å²) in [6, 6.07) is 1.96. The summed E-state index contributed by atoms with van der Waals surface area (Å²) < 4.78 is 0. The van der Waals surface area contributed by atoms with E-state index in [1.807, 2.05) is 6.07 Å². The Balaban J connectivity index is 1.91. The molecule has 17 heavy (non-hydrogen) atoms. The van der Waals surface area contributed by atoms with Crippen molar-refractivity contribution < 1.29 is 4.79 Å². The lowest BCUT2D eigenvalue weighted by molar-refractivity contribution is -0.113. The van der Waals surface area contributed by atoms with Crippen LogP contribution in [0.15, 0.2) is 23.9 Å². The van der Waals surface area contributed by atoms with E-state index < -0.39 is 0 Å². The van der Waals surface area contributed by atoms with Crippen molar-refractivity contribution in [3.05, 3.63) is 34.5 Å². The molecule has 2 aliphatic rings. The summed E-state index contributed by atoms with van der Waals surface area (Å²) in [5, 5.41) is 3.93. The third-order valence-corrected chi connectivity index (χ3v) is 3.70. The molecule has 1 aromatic heterocycles. The molecule has 88 valence electrons. The van der Waals surface area contributed by atoms with Gasteiger partial charge in [-0.1, -0.05) is 17.2 Å². The molecule has 2 heterocycles. The predicted molar refractivity (Wildman–Crippen MR) is 65.9 cm³/mol. The molecule has 3 rings (SSSR count). The lowest BCUT2D eigenvalue weighted by atomic mass is 9.63. The van der Waals surface area contributed by atoms with Gasteiger partial charge in [0, 0.05) is 29.8 Å². The van der Waals surface area contributed by atoms with Gasteiger partial charge in [0.05, 0.1) is 5.02 Å². The summed E-state index contributed by atoms with van der Waals surface area (Å²) in [5.41, 5.74) is 7.47. The Morgan fingerprint density at radius 3 is 3.06 bits per heavy atom. The fourth-order valence-corrected chi connectivity index (χ4v) is 2.93. The van der Waals surface area contributed by atoms with Crippen LogP contribution in [0.4, 0.5) is 5.82 Å². The molecule has 1 spiro atoms. The molecule has 0 unspecified atom stereocenters. The zero-order valence-electron chi connectivity index (χ0n) is 9.16. The van der Waals surface area contributed by atoms with Crippen LogP contribution in [0, 0.1) is 0 Å². The Morgan fingerprint density at radius 1 is 1.59 bits per heavy atom. The maximum Gasteiger partial charge on any atom is 0.241 e. The van der Waals surface area contributed by atoms with Crippen molar-refractivity contribution in [2.24, 2.45) is 5.73 Å². The Bertz CT molecular complexity index is 531. The summed E-state index contributed by atoms with van der Waals surface area (Å²) in [6.45, 7) is 0.853. The number of amides is 1. The van der Waals surface area contributed by atoms with Crippen molar-refractivity contribution in [1.82, 2.24) is 4.98 Å². The summed E-state index contributed by atoms with van der Waals surface area (Å²) in [7, 11) is 0. The predicted octanol–water partition coefficient (Wildman–Crippen LogP) is 1.60. The second kappa shape index (κ2) is 3.47. The van der Waals surface area contributed by atoms with Crippen molar-refractivity contribution in [3.63, 3.8) is 0 Å². The second-order valence-electron chi connectivity index (χ2n) is 4.74. The zero-order valence-corrected chi connectivity index (χ0v) is 9.92. The van der Waals surface area contributed by atoms with Crippen LogP contribution < -0.4 is 11.1 Å². The van der Waals surface area contributed by atoms with Gasteiger partial charge in [-0.3, -0.25) is 4.79 Å². The van der Waals surface area contributed by atoms with Crippen LogP contribution >= 0.6 is 11.6 Å². The van der Waals surface area contributed by atoms with Gasteiger partial charge in [0.2, 0.25) is 5.91 Å². The largest absolute Gasteiger partial charge is 0.369 e. The highest BCUT2D eigenvalue weighted by Gasteiger charge is 2.47. The average molecular weight is 250 g/mol. The number of hydrogen-bond donors (Lipinski definition) is 2. The summed E-state index contributed by atoms with van der Waals surface area (Å²) >= 11 is 5.97. The third-order valence-electron chi connectivity index (χ3n) is 3.50. The van der Waals surface area contributed by atoms with Gasteiger partial charge in [0.1, 0.15) is 5.82 Å². The summed E-state index contributed by atoms with van der Waals surface area (Å²) in [5.74, 6) is 0.540. The number of rotatable bonds is 1. The first kappa shape index (κ1) is 10.6. The molecule has 1 fully saturated rings. The van der Waals surface area contributed by atoms with E-state index in [-0.39, 0.29) is 11.3 Å². The SMILES string of the molecule is NC(=O)C=C1CC2(CNc3ncc(Cl)cc32)C1. The molecule has 5 heteroatoms. The van der Waals surface area contributed by atoms with Gasteiger partial charge >= 0.3 is 0 Å². The molecule has 0 saturated heterocycles. The van der Waals surface area contributed by atoms with Gasteiger partial charge in [-0.2, -0.15) is 0 Å². The van der Waals surface area contributed by atoms with E-state index in [0.717, 1.165) is 36.3 Å². The normalized spacial score (nSPS) is 25.1. The van der Waals surface area contributed by atoms with Gasteiger partial charge in [0.15, 0.2) is 0 Å². The number of aromatic nitrogens is 1. The maximum atomic E-state index is 10.8. The van der Waals surface area contributed by atoms with Crippen LogP contribution in [0.5, 0.6) is 0 Å². The van der Waals surface area contributed by atoms with Gasteiger partial charge < -0.3 is 11.1 Å². The first-order chi connectivity index (χ1) is 8.09. The fourth-order valence-electron chi connectivity index (χ4n) is 2.77. The van der Waals surface area contributed by atoms with Crippen LogP contribution in [0.2, 0.25) is 5.02 Å². The monoisotopic (exact) mass is 249 g/mol. The van der Waals surface area contributed by atoms with Gasteiger partial charge in [-0.05, 0) is 18.9 Å². The van der Waals surface area contributed by atoms with Crippen molar-refractivity contribution >= 4 is 23.3 Å². The minimum absolute atomic E-state index is 0.0640. The van der Waals surface area contributed by atoms with Crippen LogP contribution in [0.25, 0.3) is 0 Å². The quantitative estimate of drug-likeness (QED) is 0.743. The zero-order chi connectivity index (χ0) is 12.0. The molecule has 3 N–H and O–H groups in total. The lowest BCUT2D eigenvalue weighted by Crippen LogP contribution is -2.38. The number of hydrogen-bond acceptors (Lipinski definition) is 3. The second-order valence-corrected chi connectivity index (χ2v) is 5.18. The van der Waals surface area contributed by atoms with Crippen LogP contribution in [0.1, 0.15) is 18.4 Å². The number of halogens is 1. The molecule has 1 amide bonds. The molecular formula is C12H12ClN3O. The number of nitrogens with zero attached hydrogens (tertiary/aromatic N) is 1. The van der Waals surface area contributed by atoms with E-state index >= 15 is 0 Å². The molecule has 1 aliphatic carbocycles. The van der Waals surface area contributed by atoms with Crippen molar-refractivity contribution in [3.8, 4) is 0 Å².